The SMILES string of the molecule is CCn1ccc(NC(=O)CC2NCCCC2C)n1. The number of aromatic nitrogens is 2. The molecular formula is C13H22N4O. The Balaban J connectivity index is 1.84. The number of hydrogen-bond donors (Lipinski definition) is 2. The van der Waals surface area contributed by atoms with E-state index in [2.05, 4.69) is 22.7 Å². The molecule has 2 unspecified atom stereocenters. The average molecular weight is 250 g/mol. The third-order valence-electron chi connectivity index (χ3n) is 3.57. The molecule has 1 aromatic heterocycles. The van der Waals surface area contributed by atoms with Crippen LogP contribution in [0.3, 0.4) is 0 Å². The fraction of sp³-hybridized carbons (Fsp3) is 0.692. The van der Waals surface area contributed by atoms with Crippen LogP contribution in [0.25, 0.3) is 0 Å². The van der Waals surface area contributed by atoms with Crippen molar-refractivity contribution in [1.82, 2.24) is 15.1 Å². The minimum Gasteiger partial charge on any atom is -0.313 e. The van der Waals surface area contributed by atoms with E-state index in [4.69, 9.17) is 0 Å². The number of carbonyl (C=O) groups excluding carboxylic acids is 1. The standard InChI is InChI=1S/C13H22N4O/c1-3-17-8-6-12(16-17)15-13(18)9-11-10(2)5-4-7-14-11/h6,8,10-11,14H,3-5,7,9H2,1-2H3,(H,15,16,18). The zero-order chi connectivity index (χ0) is 13.0. The fourth-order valence-electron chi connectivity index (χ4n) is 2.39. The highest BCUT2D eigenvalue weighted by Crippen LogP contribution is 2.18. The van der Waals surface area contributed by atoms with Crippen molar-refractivity contribution in [2.75, 3.05) is 11.9 Å². The van der Waals surface area contributed by atoms with Crippen LogP contribution in [-0.2, 0) is 11.3 Å². The molecule has 1 saturated heterocycles. The van der Waals surface area contributed by atoms with Gasteiger partial charge in [0.1, 0.15) is 0 Å². The van der Waals surface area contributed by atoms with Gasteiger partial charge in [-0.1, -0.05) is 6.92 Å². The molecule has 1 aliphatic rings. The molecule has 0 saturated carbocycles. The topological polar surface area (TPSA) is 59.0 Å². The highest BCUT2D eigenvalue weighted by atomic mass is 16.1. The number of piperidine rings is 1. The van der Waals surface area contributed by atoms with Gasteiger partial charge in [-0.05, 0) is 32.2 Å². The number of nitrogens with zero attached hydrogens (tertiary/aromatic N) is 2. The number of rotatable bonds is 4. The molecule has 1 amide bonds. The van der Waals surface area contributed by atoms with Crippen LogP contribution in [0.5, 0.6) is 0 Å². The van der Waals surface area contributed by atoms with Gasteiger partial charge in [0.15, 0.2) is 5.82 Å². The van der Waals surface area contributed by atoms with E-state index in [9.17, 15) is 4.79 Å². The van der Waals surface area contributed by atoms with Crippen LogP contribution in [0.4, 0.5) is 5.82 Å². The Morgan fingerprint density at radius 1 is 1.67 bits per heavy atom. The van der Waals surface area contributed by atoms with E-state index in [1.165, 1.54) is 12.8 Å². The van der Waals surface area contributed by atoms with Crippen molar-refractivity contribution in [3.63, 3.8) is 0 Å². The van der Waals surface area contributed by atoms with Gasteiger partial charge in [-0.3, -0.25) is 9.48 Å². The van der Waals surface area contributed by atoms with Crippen LogP contribution >= 0.6 is 0 Å². The molecule has 1 aromatic rings. The number of anilines is 1. The average Bonchev–Trinajstić information content (AvgIpc) is 2.80. The van der Waals surface area contributed by atoms with Gasteiger partial charge in [0.05, 0.1) is 0 Å². The fourth-order valence-corrected chi connectivity index (χ4v) is 2.39. The molecule has 1 fully saturated rings. The maximum Gasteiger partial charge on any atom is 0.227 e. The highest BCUT2D eigenvalue weighted by molar-refractivity contribution is 5.90. The summed E-state index contributed by atoms with van der Waals surface area (Å²) in [6.45, 7) is 6.06. The Kier molecular flexibility index (Phi) is 4.36. The number of hydrogen-bond acceptors (Lipinski definition) is 3. The highest BCUT2D eigenvalue weighted by Gasteiger charge is 2.23. The molecule has 2 rings (SSSR count). The number of nitrogens with one attached hydrogen (secondary N) is 2. The van der Waals surface area contributed by atoms with E-state index in [0.717, 1.165) is 13.1 Å². The molecule has 2 N–H and O–H groups in total. The first kappa shape index (κ1) is 13.1. The lowest BCUT2D eigenvalue weighted by atomic mass is 9.90. The number of amides is 1. The molecule has 2 atom stereocenters. The maximum absolute atomic E-state index is 11.9. The second-order valence-electron chi connectivity index (χ2n) is 4.99. The summed E-state index contributed by atoms with van der Waals surface area (Å²) in [6.07, 6.45) is 4.81. The minimum atomic E-state index is 0.0441. The minimum absolute atomic E-state index is 0.0441. The smallest absolute Gasteiger partial charge is 0.227 e. The van der Waals surface area contributed by atoms with Crippen LogP contribution in [0, 0.1) is 5.92 Å². The predicted molar refractivity (Wildman–Crippen MR) is 71.3 cm³/mol. The molecule has 18 heavy (non-hydrogen) atoms. The van der Waals surface area contributed by atoms with Crippen molar-refractivity contribution in [3.05, 3.63) is 12.3 Å². The van der Waals surface area contributed by atoms with Crippen LogP contribution < -0.4 is 10.6 Å². The summed E-state index contributed by atoms with van der Waals surface area (Å²) >= 11 is 0. The van der Waals surface area contributed by atoms with Gasteiger partial charge in [-0.25, -0.2) is 0 Å². The Hall–Kier alpha value is -1.36. The van der Waals surface area contributed by atoms with Crippen molar-refractivity contribution in [2.24, 2.45) is 5.92 Å². The van der Waals surface area contributed by atoms with Crippen LogP contribution in [0.1, 0.15) is 33.1 Å². The lowest BCUT2D eigenvalue weighted by Crippen LogP contribution is -2.42. The lowest BCUT2D eigenvalue weighted by Gasteiger charge is -2.29. The molecule has 100 valence electrons. The molecular weight excluding hydrogens is 228 g/mol. The lowest BCUT2D eigenvalue weighted by molar-refractivity contribution is -0.117. The van der Waals surface area contributed by atoms with E-state index in [0.29, 0.717) is 24.2 Å². The van der Waals surface area contributed by atoms with Crippen LogP contribution in [0.2, 0.25) is 0 Å². The van der Waals surface area contributed by atoms with Crippen molar-refractivity contribution in [1.29, 1.82) is 0 Å². The molecule has 0 aliphatic carbocycles. The zero-order valence-electron chi connectivity index (χ0n) is 11.1. The molecule has 1 aliphatic heterocycles. The first-order chi connectivity index (χ1) is 8.69. The van der Waals surface area contributed by atoms with Crippen molar-refractivity contribution in [3.8, 4) is 0 Å². The van der Waals surface area contributed by atoms with Gasteiger partial charge in [-0.15, -0.1) is 0 Å². The van der Waals surface area contributed by atoms with E-state index in [1.807, 2.05) is 19.2 Å². The molecule has 0 spiro atoms. The molecule has 2 heterocycles. The summed E-state index contributed by atoms with van der Waals surface area (Å²) in [5.41, 5.74) is 0. The van der Waals surface area contributed by atoms with Gasteiger partial charge in [-0.2, -0.15) is 5.10 Å². The molecule has 5 heteroatoms. The molecule has 0 radical (unpaired) electrons. The van der Waals surface area contributed by atoms with Crippen molar-refractivity contribution >= 4 is 11.7 Å². The van der Waals surface area contributed by atoms with Crippen LogP contribution in [0.15, 0.2) is 12.3 Å². The normalized spacial score (nSPS) is 23.9. The number of aryl methyl sites for hydroxylation is 1. The largest absolute Gasteiger partial charge is 0.313 e. The second kappa shape index (κ2) is 6.00. The first-order valence-electron chi connectivity index (χ1n) is 6.75. The molecule has 5 nitrogen and oxygen atoms in total. The zero-order valence-corrected chi connectivity index (χ0v) is 11.1. The second-order valence-corrected chi connectivity index (χ2v) is 4.99. The summed E-state index contributed by atoms with van der Waals surface area (Å²) in [6, 6.07) is 2.13. The van der Waals surface area contributed by atoms with E-state index in [-0.39, 0.29) is 5.91 Å². The molecule has 0 bridgehead atoms. The van der Waals surface area contributed by atoms with Crippen molar-refractivity contribution in [2.45, 2.75) is 45.7 Å². The third-order valence-corrected chi connectivity index (χ3v) is 3.57. The molecule has 0 aromatic carbocycles. The summed E-state index contributed by atoms with van der Waals surface area (Å²) in [5, 5.41) is 10.5. The Bertz CT molecular complexity index is 401. The van der Waals surface area contributed by atoms with Crippen LogP contribution in [-0.4, -0.2) is 28.3 Å². The van der Waals surface area contributed by atoms with Crippen molar-refractivity contribution < 1.29 is 4.79 Å². The van der Waals surface area contributed by atoms with Gasteiger partial charge >= 0.3 is 0 Å². The monoisotopic (exact) mass is 250 g/mol. The summed E-state index contributed by atoms with van der Waals surface area (Å²) in [7, 11) is 0. The Morgan fingerprint density at radius 2 is 2.50 bits per heavy atom. The van der Waals surface area contributed by atoms with Gasteiger partial charge in [0.2, 0.25) is 5.91 Å². The van der Waals surface area contributed by atoms with E-state index < -0.39 is 0 Å². The van der Waals surface area contributed by atoms with Gasteiger partial charge < -0.3 is 10.6 Å². The third kappa shape index (κ3) is 3.32. The Morgan fingerprint density at radius 3 is 3.17 bits per heavy atom. The quantitative estimate of drug-likeness (QED) is 0.853. The van der Waals surface area contributed by atoms with E-state index >= 15 is 0 Å². The van der Waals surface area contributed by atoms with Gasteiger partial charge in [0.25, 0.3) is 0 Å². The Labute approximate surface area is 108 Å². The number of carbonyl (C=O) groups is 1. The first-order valence-corrected chi connectivity index (χ1v) is 6.75. The summed E-state index contributed by atoms with van der Waals surface area (Å²) in [4.78, 5) is 11.9. The predicted octanol–water partition coefficient (Wildman–Crippen LogP) is 1.62. The maximum atomic E-state index is 11.9. The summed E-state index contributed by atoms with van der Waals surface area (Å²) in [5.74, 6) is 1.26. The summed E-state index contributed by atoms with van der Waals surface area (Å²) < 4.78 is 1.80. The van der Waals surface area contributed by atoms with E-state index in [1.54, 1.807) is 4.68 Å². The van der Waals surface area contributed by atoms with Gasteiger partial charge in [0, 0.05) is 31.3 Å².